The van der Waals surface area contributed by atoms with Crippen LogP contribution in [0.25, 0.3) is 11.1 Å². The second-order valence-electron chi connectivity index (χ2n) is 10.3. The van der Waals surface area contributed by atoms with Crippen molar-refractivity contribution in [2.45, 2.75) is 33.6 Å². The molecule has 2 fully saturated rings. The summed E-state index contributed by atoms with van der Waals surface area (Å²) in [5, 5.41) is 0. The molecule has 6 rings (SSSR count). The van der Waals surface area contributed by atoms with Gasteiger partial charge in [0.2, 0.25) is 11.8 Å². The number of carbonyl (C=O) groups excluding carboxylic acids is 3. The Morgan fingerprint density at radius 3 is 1.56 bits per heavy atom. The third-order valence-electron chi connectivity index (χ3n) is 8.82. The number of carbonyl (C=O) groups is 3. The van der Waals surface area contributed by atoms with Crippen LogP contribution in [0, 0.1) is 29.6 Å². The highest BCUT2D eigenvalue weighted by molar-refractivity contribution is 6.34. The first kappa shape index (κ1) is 22.7. The molecule has 0 spiro atoms. The van der Waals surface area contributed by atoms with Crippen LogP contribution in [0.15, 0.2) is 84.9 Å². The zero-order valence-electron chi connectivity index (χ0n) is 20.8. The van der Waals surface area contributed by atoms with Gasteiger partial charge in [0.25, 0.3) is 0 Å². The molecule has 1 saturated heterocycles. The van der Waals surface area contributed by atoms with Crippen LogP contribution < -0.4 is 4.90 Å². The number of benzene rings is 3. The number of fused-ring (bicyclic) bond motifs is 5. The monoisotopic (exact) mass is 475 g/mol. The zero-order chi connectivity index (χ0) is 25.2. The smallest absolute Gasteiger partial charge is 0.239 e. The molecule has 0 N–H and O–H groups in total. The van der Waals surface area contributed by atoms with E-state index in [2.05, 4.69) is 0 Å². The highest BCUT2D eigenvalue weighted by Crippen LogP contribution is 2.75. The summed E-state index contributed by atoms with van der Waals surface area (Å²) in [7, 11) is 0. The number of amides is 2. The van der Waals surface area contributed by atoms with Crippen LogP contribution in [0.5, 0.6) is 0 Å². The molecular formula is C32H29NO3. The number of Topliss-reactive ketones (excluding diaryl/α,β-unsaturated/α-hetero) is 1. The van der Waals surface area contributed by atoms with Crippen molar-refractivity contribution in [2.75, 3.05) is 4.90 Å². The van der Waals surface area contributed by atoms with Gasteiger partial charge in [-0.3, -0.25) is 14.4 Å². The van der Waals surface area contributed by atoms with Crippen molar-refractivity contribution in [3.8, 4) is 0 Å². The molecule has 0 aromatic heterocycles. The van der Waals surface area contributed by atoms with E-state index >= 15 is 0 Å². The Labute approximate surface area is 211 Å². The molecule has 3 aromatic rings. The van der Waals surface area contributed by atoms with E-state index in [1.54, 1.807) is 0 Å². The van der Waals surface area contributed by atoms with Gasteiger partial charge in [0.1, 0.15) is 0 Å². The SMILES string of the molecule is CC[C@]12C(=O)[C@](CC)(C(c3ccccc3)=C1c1ccccc1)[C@@H]1C(=O)N(c3cccc(C)c3)C(=O)[C@H]12. The summed E-state index contributed by atoms with van der Waals surface area (Å²) >= 11 is 0. The molecule has 1 heterocycles. The van der Waals surface area contributed by atoms with Crippen LogP contribution >= 0.6 is 0 Å². The molecule has 0 unspecified atom stereocenters. The van der Waals surface area contributed by atoms with E-state index in [1.807, 2.05) is 106 Å². The summed E-state index contributed by atoms with van der Waals surface area (Å²) in [6.45, 7) is 5.93. The van der Waals surface area contributed by atoms with Crippen LogP contribution in [0.4, 0.5) is 5.69 Å². The Bertz CT molecular complexity index is 1350. The quantitative estimate of drug-likeness (QED) is 0.419. The predicted molar refractivity (Wildman–Crippen MR) is 141 cm³/mol. The molecule has 4 atom stereocenters. The van der Waals surface area contributed by atoms with Gasteiger partial charge in [-0.15, -0.1) is 0 Å². The van der Waals surface area contributed by atoms with E-state index in [9.17, 15) is 14.4 Å². The Kier molecular flexibility index (Phi) is 4.95. The Balaban J connectivity index is 1.68. The van der Waals surface area contributed by atoms with Crippen molar-refractivity contribution < 1.29 is 14.4 Å². The Hall–Kier alpha value is -3.79. The number of ketones is 1. The molecule has 2 bridgehead atoms. The minimum absolute atomic E-state index is 0.0401. The second-order valence-corrected chi connectivity index (χ2v) is 10.3. The lowest BCUT2D eigenvalue weighted by Gasteiger charge is -2.38. The lowest BCUT2D eigenvalue weighted by atomic mass is 9.60. The molecule has 2 amide bonds. The highest BCUT2D eigenvalue weighted by atomic mass is 16.2. The van der Waals surface area contributed by atoms with Gasteiger partial charge in [0, 0.05) is 0 Å². The van der Waals surface area contributed by atoms with Gasteiger partial charge in [-0.1, -0.05) is 86.6 Å². The highest BCUT2D eigenvalue weighted by Gasteiger charge is 2.80. The van der Waals surface area contributed by atoms with Crippen LogP contribution in [0.2, 0.25) is 0 Å². The number of nitrogens with zero attached hydrogens (tertiary/aromatic N) is 1. The van der Waals surface area contributed by atoms with Crippen molar-refractivity contribution >= 4 is 34.4 Å². The van der Waals surface area contributed by atoms with E-state index in [4.69, 9.17) is 0 Å². The third kappa shape index (κ3) is 2.57. The number of hydrogen-bond donors (Lipinski definition) is 0. The van der Waals surface area contributed by atoms with E-state index in [0.29, 0.717) is 18.5 Å². The van der Waals surface area contributed by atoms with E-state index in [1.165, 1.54) is 4.90 Å². The summed E-state index contributed by atoms with van der Waals surface area (Å²) in [5.74, 6) is -1.86. The summed E-state index contributed by atoms with van der Waals surface area (Å²) in [5.41, 5.74) is 3.24. The molecule has 1 aliphatic heterocycles. The molecular weight excluding hydrogens is 446 g/mol. The average molecular weight is 476 g/mol. The molecule has 3 aliphatic rings. The number of hydrogen-bond acceptors (Lipinski definition) is 3. The topological polar surface area (TPSA) is 54.5 Å². The second kappa shape index (κ2) is 7.86. The largest absolute Gasteiger partial charge is 0.298 e. The molecule has 3 aromatic carbocycles. The third-order valence-corrected chi connectivity index (χ3v) is 8.82. The maximum atomic E-state index is 14.7. The fourth-order valence-corrected chi connectivity index (χ4v) is 7.48. The average Bonchev–Trinajstić information content (AvgIpc) is 3.40. The molecule has 0 radical (unpaired) electrons. The number of allylic oxidation sites excluding steroid dienone is 2. The number of anilines is 1. The van der Waals surface area contributed by atoms with Gasteiger partial charge in [-0.2, -0.15) is 0 Å². The lowest BCUT2D eigenvalue weighted by molar-refractivity contribution is -0.134. The van der Waals surface area contributed by atoms with Crippen molar-refractivity contribution in [1.82, 2.24) is 0 Å². The first-order chi connectivity index (χ1) is 17.4. The zero-order valence-corrected chi connectivity index (χ0v) is 20.8. The van der Waals surface area contributed by atoms with Crippen LogP contribution in [0.1, 0.15) is 43.4 Å². The minimum Gasteiger partial charge on any atom is -0.298 e. The number of rotatable bonds is 5. The first-order valence-electron chi connectivity index (χ1n) is 12.8. The lowest BCUT2D eigenvalue weighted by Crippen LogP contribution is -2.41. The number of aryl methyl sites for hydroxylation is 1. The minimum atomic E-state index is -1.04. The van der Waals surface area contributed by atoms with Crippen molar-refractivity contribution in [2.24, 2.45) is 22.7 Å². The maximum Gasteiger partial charge on any atom is 0.239 e. The molecule has 4 heteroatoms. The predicted octanol–water partition coefficient (Wildman–Crippen LogP) is 6.10. The van der Waals surface area contributed by atoms with Crippen molar-refractivity contribution in [3.05, 3.63) is 102 Å². The van der Waals surface area contributed by atoms with Gasteiger partial charge in [0.15, 0.2) is 5.78 Å². The van der Waals surface area contributed by atoms with E-state index < -0.39 is 22.7 Å². The summed E-state index contributed by atoms with van der Waals surface area (Å²) < 4.78 is 0. The first-order valence-corrected chi connectivity index (χ1v) is 12.8. The van der Waals surface area contributed by atoms with E-state index in [-0.39, 0.29) is 17.6 Å². The normalized spacial score (nSPS) is 28.9. The van der Waals surface area contributed by atoms with Crippen LogP contribution in [-0.4, -0.2) is 17.6 Å². The van der Waals surface area contributed by atoms with Gasteiger partial charge in [-0.25, -0.2) is 4.90 Å². The molecule has 2 aliphatic carbocycles. The summed E-state index contributed by atoms with van der Waals surface area (Å²) in [6, 6.07) is 27.4. The fourth-order valence-electron chi connectivity index (χ4n) is 7.48. The van der Waals surface area contributed by atoms with Crippen LogP contribution in [0.3, 0.4) is 0 Å². The van der Waals surface area contributed by atoms with Crippen LogP contribution in [-0.2, 0) is 14.4 Å². The van der Waals surface area contributed by atoms with Crippen molar-refractivity contribution in [3.63, 3.8) is 0 Å². The van der Waals surface area contributed by atoms with Gasteiger partial charge in [0.05, 0.1) is 28.4 Å². The van der Waals surface area contributed by atoms with Crippen molar-refractivity contribution in [1.29, 1.82) is 0 Å². The summed E-state index contributed by atoms with van der Waals surface area (Å²) in [6.07, 6.45) is 0.936. The molecule has 36 heavy (non-hydrogen) atoms. The molecule has 1 saturated carbocycles. The standard InChI is InChI=1S/C32H29NO3/c1-4-31-24(21-14-8-6-9-15-21)25(22-16-10-7-11-17-22)32(5-2,30(31)36)27-26(31)28(34)33(29(27)35)23-18-12-13-20(3)19-23/h6-19,26-27H,4-5H2,1-3H3/t26-,27-,31-,32+/m0/s1. The van der Waals surface area contributed by atoms with E-state index in [0.717, 1.165) is 27.8 Å². The number of imide groups is 1. The summed E-state index contributed by atoms with van der Waals surface area (Å²) in [4.78, 5) is 44.5. The van der Waals surface area contributed by atoms with Gasteiger partial charge in [-0.05, 0) is 59.7 Å². The van der Waals surface area contributed by atoms with Gasteiger partial charge < -0.3 is 0 Å². The molecule has 180 valence electrons. The van der Waals surface area contributed by atoms with Gasteiger partial charge >= 0.3 is 0 Å². The fraction of sp³-hybridized carbons (Fsp3) is 0.281. The Morgan fingerprint density at radius 2 is 1.14 bits per heavy atom. The molecule has 4 nitrogen and oxygen atoms in total. The maximum absolute atomic E-state index is 14.7. The Morgan fingerprint density at radius 1 is 0.667 bits per heavy atom.